The van der Waals surface area contributed by atoms with E-state index in [0.717, 1.165) is 16.6 Å². The molecule has 1 fully saturated rings. The lowest BCUT2D eigenvalue weighted by atomic mass is 9.63. The van der Waals surface area contributed by atoms with Gasteiger partial charge in [0.2, 0.25) is 5.91 Å². The maximum atomic E-state index is 14.1. The van der Waals surface area contributed by atoms with Crippen LogP contribution < -0.4 is 5.32 Å². The summed E-state index contributed by atoms with van der Waals surface area (Å²) < 4.78 is 15.0. The van der Waals surface area contributed by atoms with Crippen LogP contribution in [0.15, 0.2) is 53.0 Å². The molecule has 1 saturated carbocycles. The summed E-state index contributed by atoms with van der Waals surface area (Å²) in [6.45, 7) is 0. The van der Waals surface area contributed by atoms with Crippen molar-refractivity contribution in [2.75, 3.05) is 5.32 Å². The van der Waals surface area contributed by atoms with Crippen molar-refractivity contribution in [1.29, 1.82) is 0 Å². The fourth-order valence-electron chi connectivity index (χ4n) is 2.78. The number of hydrogen-bond donors (Lipinski definition) is 1. The highest BCUT2D eigenvalue weighted by atomic mass is 79.9. The normalized spacial score (nSPS) is 16.1. The van der Waals surface area contributed by atoms with Gasteiger partial charge in [-0.25, -0.2) is 4.39 Å². The number of carbonyl (C=O) groups is 1. The van der Waals surface area contributed by atoms with E-state index in [2.05, 4.69) is 21.2 Å². The summed E-state index contributed by atoms with van der Waals surface area (Å²) in [4.78, 5) is 12.7. The van der Waals surface area contributed by atoms with Gasteiger partial charge in [-0.1, -0.05) is 40.5 Å². The SMILES string of the molecule is O=C(Nc1ccc(Br)cc1)C1(c2ccccc2F)CCC1. The third kappa shape index (κ3) is 2.60. The quantitative estimate of drug-likeness (QED) is 0.860. The molecule has 21 heavy (non-hydrogen) atoms. The number of hydrogen-bond acceptors (Lipinski definition) is 1. The number of nitrogens with one attached hydrogen (secondary N) is 1. The van der Waals surface area contributed by atoms with Crippen LogP contribution in [0.1, 0.15) is 24.8 Å². The molecule has 0 atom stereocenters. The van der Waals surface area contributed by atoms with Crippen molar-refractivity contribution in [2.45, 2.75) is 24.7 Å². The number of amides is 1. The maximum absolute atomic E-state index is 14.1. The van der Waals surface area contributed by atoms with E-state index in [1.54, 1.807) is 18.2 Å². The van der Waals surface area contributed by atoms with Crippen LogP contribution in [0.3, 0.4) is 0 Å². The molecule has 1 aliphatic rings. The van der Waals surface area contributed by atoms with E-state index < -0.39 is 5.41 Å². The first kappa shape index (κ1) is 14.3. The highest BCUT2D eigenvalue weighted by molar-refractivity contribution is 9.10. The molecule has 4 heteroatoms. The molecule has 2 aromatic carbocycles. The third-order valence-corrected chi connectivity index (χ3v) is 4.66. The largest absolute Gasteiger partial charge is 0.325 e. The van der Waals surface area contributed by atoms with E-state index in [1.807, 2.05) is 24.3 Å². The van der Waals surface area contributed by atoms with Crippen LogP contribution in [-0.2, 0) is 10.2 Å². The Kier molecular flexibility index (Phi) is 3.81. The average molecular weight is 348 g/mol. The van der Waals surface area contributed by atoms with Crippen molar-refractivity contribution in [3.63, 3.8) is 0 Å². The topological polar surface area (TPSA) is 29.1 Å². The standard InChI is InChI=1S/C17H15BrFNO/c18-12-6-8-13(9-7-12)20-16(21)17(10-3-11-17)14-4-1-2-5-15(14)19/h1-2,4-9H,3,10-11H2,(H,20,21). The van der Waals surface area contributed by atoms with Crippen molar-refractivity contribution in [1.82, 2.24) is 0 Å². The summed E-state index contributed by atoms with van der Waals surface area (Å²) in [5, 5.41) is 2.91. The van der Waals surface area contributed by atoms with Crippen molar-refractivity contribution in [3.8, 4) is 0 Å². The van der Waals surface area contributed by atoms with Crippen LogP contribution in [0.4, 0.5) is 10.1 Å². The van der Waals surface area contributed by atoms with Crippen molar-refractivity contribution in [3.05, 3.63) is 64.4 Å². The molecule has 1 aliphatic carbocycles. The van der Waals surface area contributed by atoms with Gasteiger partial charge in [-0.05, 0) is 43.2 Å². The van der Waals surface area contributed by atoms with Gasteiger partial charge in [-0.2, -0.15) is 0 Å². The predicted molar refractivity (Wildman–Crippen MR) is 84.7 cm³/mol. The Morgan fingerprint density at radius 2 is 1.76 bits per heavy atom. The molecule has 0 saturated heterocycles. The number of halogens is 2. The average Bonchev–Trinajstić information content (AvgIpc) is 2.42. The van der Waals surface area contributed by atoms with Crippen LogP contribution in [0.5, 0.6) is 0 Å². The van der Waals surface area contributed by atoms with Gasteiger partial charge in [0.1, 0.15) is 5.82 Å². The summed E-state index contributed by atoms with van der Waals surface area (Å²) in [5.74, 6) is -0.427. The zero-order valence-electron chi connectivity index (χ0n) is 11.4. The minimum absolute atomic E-state index is 0.124. The molecule has 0 aliphatic heterocycles. The summed E-state index contributed by atoms with van der Waals surface area (Å²) in [6.07, 6.45) is 2.33. The molecular formula is C17H15BrFNO. The number of benzene rings is 2. The third-order valence-electron chi connectivity index (χ3n) is 4.13. The van der Waals surface area contributed by atoms with Crippen LogP contribution in [0.2, 0.25) is 0 Å². The second kappa shape index (κ2) is 5.60. The first-order valence-electron chi connectivity index (χ1n) is 6.94. The van der Waals surface area contributed by atoms with Crippen LogP contribution in [0, 0.1) is 5.82 Å². The van der Waals surface area contributed by atoms with E-state index in [1.165, 1.54) is 6.07 Å². The van der Waals surface area contributed by atoms with Crippen molar-refractivity contribution >= 4 is 27.5 Å². The van der Waals surface area contributed by atoms with Crippen LogP contribution >= 0.6 is 15.9 Å². The van der Waals surface area contributed by atoms with Gasteiger partial charge in [0.15, 0.2) is 0 Å². The molecule has 2 aromatic rings. The van der Waals surface area contributed by atoms with Crippen LogP contribution in [-0.4, -0.2) is 5.91 Å². The summed E-state index contributed by atoms with van der Waals surface area (Å²) in [6, 6.07) is 14.0. The van der Waals surface area contributed by atoms with E-state index in [4.69, 9.17) is 0 Å². The minimum Gasteiger partial charge on any atom is -0.325 e. The Morgan fingerprint density at radius 1 is 1.10 bits per heavy atom. The number of anilines is 1. The molecular weight excluding hydrogens is 333 g/mol. The van der Waals surface area contributed by atoms with E-state index in [0.29, 0.717) is 18.4 Å². The minimum atomic E-state index is -0.724. The monoisotopic (exact) mass is 347 g/mol. The van der Waals surface area contributed by atoms with Gasteiger partial charge in [0, 0.05) is 15.7 Å². The Balaban J connectivity index is 1.88. The van der Waals surface area contributed by atoms with Gasteiger partial charge >= 0.3 is 0 Å². The molecule has 1 N–H and O–H groups in total. The Labute approximate surface area is 131 Å². The highest BCUT2D eigenvalue weighted by Gasteiger charge is 2.47. The molecule has 2 nitrogen and oxygen atoms in total. The van der Waals surface area contributed by atoms with Gasteiger partial charge in [0.25, 0.3) is 0 Å². The predicted octanol–water partition coefficient (Wildman–Crippen LogP) is 4.65. The van der Waals surface area contributed by atoms with E-state index in [-0.39, 0.29) is 11.7 Å². The Morgan fingerprint density at radius 3 is 2.33 bits per heavy atom. The molecule has 3 rings (SSSR count). The smallest absolute Gasteiger partial charge is 0.235 e. The van der Waals surface area contributed by atoms with Gasteiger partial charge in [0.05, 0.1) is 5.41 Å². The molecule has 0 bridgehead atoms. The number of rotatable bonds is 3. The van der Waals surface area contributed by atoms with Gasteiger partial charge in [-0.3, -0.25) is 4.79 Å². The van der Waals surface area contributed by atoms with Crippen molar-refractivity contribution < 1.29 is 9.18 Å². The molecule has 0 radical (unpaired) electrons. The second-order valence-corrected chi connectivity index (χ2v) is 6.29. The molecule has 0 aromatic heterocycles. The van der Waals surface area contributed by atoms with E-state index >= 15 is 0 Å². The maximum Gasteiger partial charge on any atom is 0.235 e. The lowest BCUT2D eigenvalue weighted by Gasteiger charge is -2.40. The molecule has 0 heterocycles. The zero-order chi connectivity index (χ0) is 14.9. The van der Waals surface area contributed by atoms with Gasteiger partial charge < -0.3 is 5.32 Å². The first-order chi connectivity index (χ1) is 10.1. The molecule has 108 valence electrons. The van der Waals surface area contributed by atoms with Gasteiger partial charge in [-0.15, -0.1) is 0 Å². The number of carbonyl (C=O) groups excluding carboxylic acids is 1. The summed E-state index contributed by atoms with van der Waals surface area (Å²) in [5.41, 5.74) is 0.509. The second-order valence-electron chi connectivity index (χ2n) is 5.38. The Hall–Kier alpha value is -1.68. The molecule has 0 spiro atoms. The fourth-order valence-corrected chi connectivity index (χ4v) is 3.05. The van der Waals surface area contributed by atoms with Crippen molar-refractivity contribution in [2.24, 2.45) is 0 Å². The summed E-state index contributed by atoms with van der Waals surface area (Å²) in [7, 11) is 0. The van der Waals surface area contributed by atoms with E-state index in [9.17, 15) is 9.18 Å². The molecule has 1 amide bonds. The first-order valence-corrected chi connectivity index (χ1v) is 7.73. The fraction of sp³-hybridized carbons (Fsp3) is 0.235. The van der Waals surface area contributed by atoms with Crippen LogP contribution in [0.25, 0.3) is 0 Å². The Bertz CT molecular complexity index is 665. The lowest BCUT2D eigenvalue weighted by Crippen LogP contribution is -2.46. The summed E-state index contributed by atoms with van der Waals surface area (Å²) >= 11 is 3.36. The lowest BCUT2D eigenvalue weighted by molar-refractivity contribution is -0.124. The highest BCUT2D eigenvalue weighted by Crippen LogP contribution is 2.45. The molecule has 0 unspecified atom stereocenters. The zero-order valence-corrected chi connectivity index (χ0v) is 13.0.